The molecule has 2 rings (SSSR count). The van der Waals surface area contributed by atoms with Crippen molar-refractivity contribution >= 4 is 17.4 Å². The SMILES string of the molecule is O=C(COc1ccccc1)OCC(=O)c1cccc([N+](=O)[O-])c1. The standard InChI is InChI=1S/C16H13NO6/c18-15(12-5-4-6-13(9-12)17(20)21)10-23-16(19)11-22-14-7-2-1-3-8-14/h1-9H,10-11H2. The van der Waals surface area contributed by atoms with Gasteiger partial charge in [-0.3, -0.25) is 14.9 Å². The summed E-state index contributed by atoms with van der Waals surface area (Å²) in [6.07, 6.45) is 0. The molecule has 0 saturated heterocycles. The maximum Gasteiger partial charge on any atom is 0.344 e. The van der Waals surface area contributed by atoms with Gasteiger partial charge in [0.15, 0.2) is 13.2 Å². The number of para-hydroxylation sites is 1. The van der Waals surface area contributed by atoms with Gasteiger partial charge in [0.2, 0.25) is 5.78 Å². The Balaban J connectivity index is 1.83. The number of ketones is 1. The van der Waals surface area contributed by atoms with E-state index < -0.39 is 23.3 Å². The Bertz CT molecular complexity index is 714. The van der Waals surface area contributed by atoms with Crippen LogP contribution >= 0.6 is 0 Å². The predicted octanol–water partition coefficient (Wildman–Crippen LogP) is 2.40. The lowest BCUT2D eigenvalue weighted by atomic mass is 10.1. The molecule has 0 N–H and O–H groups in total. The fourth-order valence-corrected chi connectivity index (χ4v) is 1.72. The van der Waals surface area contributed by atoms with Gasteiger partial charge in [0, 0.05) is 17.7 Å². The second kappa shape index (κ2) is 7.69. The molecule has 2 aromatic carbocycles. The molecular formula is C16H13NO6. The Morgan fingerprint density at radius 2 is 1.74 bits per heavy atom. The van der Waals surface area contributed by atoms with E-state index in [1.54, 1.807) is 24.3 Å². The van der Waals surface area contributed by atoms with E-state index in [1.165, 1.54) is 18.2 Å². The summed E-state index contributed by atoms with van der Waals surface area (Å²) in [5, 5.41) is 10.7. The van der Waals surface area contributed by atoms with Crippen molar-refractivity contribution < 1.29 is 24.0 Å². The Labute approximate surface area is 131 Å². The van der Waals surface area contributed by atoms with E-state index in [9.17, 15) is 19.7 Å². The van der Waals surface area contributed by atoms with Crippen molar-refractivity contribution in [3.05, 3.63) is 70.3 Å². The van der Waals surface area contributed by atoms with Gasteiger partial charge in [-0.1, -0.05) is 30.3 Å². The number of carbonyl (C=O) groups excluding carboxylic acids is 2. The Hall–Kier alpha value is -3.22. The van der Waals surface area contributed by atoms with Crippen LogP contribution in [0.4, 0.5) is 5.69 Å². The van der Waals surface area contributed by atoms with Gasteiger partial charge in [-0.05, 0) is 12.1 Å². The molecule has 0 atom stereocenters. The number of hydrogen-bond acceptors (Lipinski definition) is 6. The van der Waals surface area contributed by atoms with E-state index in [0.717, 1.165) is 6.07 Å². The lowest BCUT2D eigenvalue weighted by molar-refractivity contribution is -0.384. The van der Waals surface area contributed by atoms with E-state index in [1.807, 2.05) is 6.07 Å². The summed E-state index contributed by atoms with van der Waals surface area (Å²) in [5.41, 5.74) is -0.0921. The molecule has 7 nitrogen and oxygen atoms in total. The molecule has 0 amide bonds. The lowest BCUT2D eigenvalue weighted by Crippen LogP contribution is -2.19. The van der Waals surface area contributed by atoms with Gasteiger partial charge in [0.25, 0.3) is 5.69 Å². The summed E-state index contributed by atoms with van der Waals surface area (Å²) in [7, 11) is 0. The van der Waals surface area contributed by atoms with Crippen molar-refractivity contribution in [1.29, 1.82) is 0 Å². The molecule has 0 aliphatic heterocycles. The molecule has 2 aromatic rings. The first-order valence-electron chi connectivity index (χ1n) is 6.67. The normalized spacial score (nSPS) is 9.91. The number of nitro groups is 1. The van der Waals surface area contributed by atoms with Crippen LogP contribution in [0.3, 0.4) is 0 Å². The topological polar surface area (TPSA) is 95.7 Å². The number of nitrogens with zero attached hydrogens (tertiary/aromatic N) is 1. The summed E-state index contributed by atoms with van der Waals surface area (Å²) >= 11 is 0. The molecule has 0 aliphatic carbocycles. The summed E-state index contributed by atoms with van der Waals surface area (Å²) in [6, 6.07) is 13.9. The maximum absolute atomic E-state index is 11.9. The van der Waals surface area contributed by atoms with Crippen molar-refractivity contribution in [3.8, 4) is 5.75 Å². The van der Waals surface area contributed by atoms with E-state index in [4.69, 9.17) is 9.47 Å². The van der Waals surface area contributed by atoms with E-state index in [0.29, 0.717) is 5.75 Å². The van der Waals surface area contributed by atoms with E-state index >= 15 is 0 Å². The average molecular weight is 315 g/mol. The molecule has 0 radical (unpaired) electrons. The van der Waals surface area contributed by atoms with Crippen LogP contribution in [0.25, 0.3) is 0 Å². The average Bonchev–Trinajstić information content (AvgIpc) is 2.58. The van der Waals surface area contributed by atoms with Crippen molar-refractivity contribution in [1.82, 2.24) is 0 Å². The number of hydrogen-bond donors (Lipinski definition) is 0. The minimum absolute atomic E-state index is 0.107. The van der Waals surface area contributed by atoms with Crippen LogP contribution in [0, 0.1) is 10.1 Å². The second-order valence-corrected chi connectivity index (χ2v) is 4.49. The van der Waals surface area contributed by atoms with Crippen LogP contribution < -0.4 is 4.74 Å². The number of rotatable bonds is 7. The third-order valence-electron chi connectivity index (χ3n) is 2.84. The molecule has 23 heavy (non-hydrogen) atoms. The first-order valence-corrected chi connectivity index (χ1v) is 6.67. The lowest BCUT2D eigenvalue weighted by Gasteiger charge is -2.06. The molecule has 0 heterocycles. The fourth-order valence-electron chi connectivity index (χ4n) is 1.72. The number of carbonyl (C=O) groups is 2. The van der Waals surface area contributed by atoms with Crippen LogP contribution in [0.2, 0.25) is 0 Å². The Kier molecular flexibility index (Phi) is 5.40. The molecule has 7 heteroatoms. The van der Waals surface area contributed by atoms with Gasteiger partial charge in [0.05, 0.1) is 4.92 Å². The number of nitro benzene ring substituents is 1. The van der Waals surface area contributed by atoms with Crippen molar-refractivity contribution in [2.24, 2.45) is 0 Å². The van der Waals surface area contributed by atoms with Gasteiger partial charge in [-0.2, -0.15) is 0 Å². The van der Waals surface area contributed by atoms with Crippen LogP contribution in [0.15, 0.2) is 54.6 Å². The van der Waals surface area contributed by atoms with Gasteiger partial charge >= 0.3 is 5.97 Å². The minimum Gasteiger partial charge on any atom is -0.482 e. The van der Waals surface area contributed by atoms with Crippen LogP contribution in [-0.2, 0) is 9.53 Å². The van der Waals surface area contributed by atoms with Gasteiger partial charge in [-0.15, -0.1) is 0 Å². The van der Waals surface area contributed by atoms with Crippen molar-refractivity contribution in [2.75, 3.05) is 13.2 Å². The van der Waals surface area contributed by atoms with Crippen LogP contribution in [0.1, 0.15) is 10.4 Å². The molecule has 0 spiro atoms. The first kappa shape index (κ1) is 16.2. The smallest absolute Gasteiger partial charge is 0.344 e. The highest BCUT2D eigenvalue weighted by Crippen LogP contribution is 2.13. The zero-order chi connectivity index (χ0) is 16.7. The second-order valence-electron chi connectivity index (χ2n) is 4.49. The Morgan fingerprint density at radius 1 is 1.00 bits per heavy atom. The molecule has 0 fully saturated rings. The van der Waals surface area contributed by atoms with Gasteiger partial charge < -0.3 is 9.47 Å². The van der Waals surface area contributed by atoms with Crippen molar-refractivity contribution in [2.45, 2.75) is 0 Å². The highest BCUT2D eigenvalue weighted by Gasteiger charge is 2.14. The monoisotopic (exact) mass is 315 g/mol. The predicted molar refractivity (Wildman–Crippen MR) is 80.3 cm³/mol. The zero-order valence-corrected chi connectivity index (χ0v) is 12.0. The number of Topliss-reactive ketones (excluding diaryl/α,β-unsaturated/α-hetero) is 1. The van der Waals surface area contributed by atoms with Crippen molar-refractivity contribution in [3.63, 3.8) is 0 Å². The number of ether oxygens (including phenoxy) is 2. The molecule has 0 unspecified atom stereocenters. The highest BCUT2D eigenvalue weighted by atomic mass is 16.6. The first-order chi connectivity index (χ1) is 11.1. The number of non-ortho nitro benzene ring substituents is 1. The van der Waals surface area contributed by atoms with Gasteiger partial charge in [0.1, 0.15) is 5.75 Å². The molecule has 0 bridgehead atoms. The fraction of sp³-hybridized carbons (Fsp3) is 0.125. The summed E-state index contributed by atoms with van der Waals surface area (Å²) < 4.78 is 9.98. The molecule has 0 saturated carbocycles. The van der Waals surface area contributed by atoms with Gasteiger partial charge in [-0.25, -0.2) is 4.79 Å². The molecular weight excluding hydrogens is 302 g/mol. The quantitative estimate of drug-likeness (QED) is 0.337. The third kappa shape index (κ3) is 4.92. The van der Waals surface area contributed by atoms with E-state index in [2.05, 4.69) is 0 Å². The highest BCUT2D eigenvalue weighted by molar-refractivity contribution is 5.98. The Morgan fingerprint density at radius 3 is 2.43 bits per heavy atom. The number of esters is 1. The largest absolute Gasteiger partial charge is 0.482 e. The van der Waals surface area contributed by atoms with E-state index in [-0.39, 0.29) is 17.9 Å². The summed E-state index contributed by atoms with van der Waals surface area (Å²) in [4.78, 5) is 33.4. The molecule has 118 valence electrons. The zero-order valence-electron chi connectivity index (χ0n) is 12.0. The summed E-state index contributed by atoms with van der Waals surface area (Å²) in [6.45, 7) is -0.829. The minimum atomic E-state index is -0.701. The number of benzene rings is 2. The third-order valence-corrected chi connectivity index (χ3v) is 2.84. The van der Waals surface area contributed by atoms with Crippen LogP contribution in [0.5, 0.6) is 5.75 Å². The summed E-state index contributed by atoms with van der Waals surface area (Å²) in [5.74, 6) is -0.719. The molecule has 0 aliphatic rings. The maximum atomic E-state index is 11.9. The van der Waals surface area contributed by atoms with Crippen LogP contribution in [-0.4, -0.2) is 29.9 Å². The molecule has 0 aromatic heterocycles.